The lowest BCUT2D eigenvalue weighted by Gasteiger charge is -2.13. The van der Waals surface area contributed by atoms with E-state index in [1.807, 2.05) is 37.3 Å². The van der Waals surface area contributed by atoms with Crippen molar-refractivity contribution in [1.29, 1.82) is 0 Å². The molecule has 1 amide bonds. The number of carboxylic acid groups (broad SMARTS) is 1. The van der Waals surface area contributed by atoms with Crippen LogP contribution in [-0.2, 0) is 9.59 Å². The number of thioether (sulfide) groups is 1. The van der Waals surface area contributed by atoms with Gasteiger partial charge in [0.2, 0.25) is 0 Å². The highest BCUT2D eigenvalue weighted by Gasteiger charge is 2.31. The van der Waals surface area contributed by atoms with E-state index in [0.29, 0.717) is 22.2 Å². The van der Waals surface area contributed by atoms with Crippen LogP contribution in [0.2, 0.25) is 0 Å². The minimum Gasteiger partial charge on any atom is -0.481 e. The van der Waals surface area contributed by atoms with Crippen molar-refractivity contribution in [1.82, 2.24) is 4.90 Å². The van der Waals surface area contributed by atoms with Gasteiger partial charge in [0.15, 0.2) is 0 Å². The summed E-state index contributed by atoms with van der Waals surface area (Å²) in [5.41, 5.74) is 2.16. The molecule has 122 valence electrons. The summed E-state index contributed by atoms with van der Waals surface area (Å²) < 4.78 is 0.576. The predicted molar refractivity (Wildman–Crippen MR) is 97.2 cm³/mol. The second-order valence-electron chi connectivity index (χ2n) is 5.45. The van der Waals surface area contributed by atoms with Crippen LogP contribution >= 0.6 is 24.0 Å². The molecule has 0 unspecified atom stereocenters. The van der Waals surface area contributed by atoms with E-state index in [1.54, 1.807) is 4.90 Å². The number of aliphatic carboxylic acids is 1. The Morgan fingerprint density at radius 3 is 2.61 bits per heavy atom. The molecular weight excluding hydrogens is 330 g/mol. The van der Waals surface area contributed by atoms with Crippen LogP contribution in [0.15, 0.2) is 29.2 Å². The van der Waals surface area contributed by atoms with Crippen LogP contribution in [0.4, 0.5) is 0 Å². The van der Waals surface area contributed by atoms with Crippen LogP contribution in [0.3, 0.4) is 0 Å². The number of nitrogens with zero attached hydrogens (tertiary/aromatic N) is 1. The van der Waals surface area contributed by atoms with E-state index in [2.05, 4.69) is 0 Å². The summed E-state index contributed by atoms with van der Waals surface area (Å²) in [6, 6.07) is 7.98. The molecule has 4 nitrogen and oxygen atoms in total. The van der Waals surface area contributed by atoms with Crippen molar-refractivity contribution in [2.75, 3.05) is 6.54 Å². The number of carbonyl (C=O) groups excluding carboxylic acids is 1. The molecule has 1 heterocycles. The molecule has 1 aliphatic heterocycles. The standard InChI is InChI=1S/C17H19NO3S2/c1-12-6-8-13(9-7-12)11-14-16(21)18(17(22)23-14)10-4-2-3-5-15(19)20/h6-9,11H,2-5,10H2,1H3,(H,19,20)/b14-11+. The molecule has 0 spiro atoms. The summed E-state index contributed by atoms with van der Waals surface area (Å²) in [6.45, 7) is 2.57. The first-order valence-corrected chi connectivity index (χ1v) is 8.73. The van der Waals surface area contributed by atoms with Crippen molar-refractivity contribution < 1.29 is 14.7 Å². The summed E-state index contributed by atoms with van der Waals surface area (Å²) in [7, 11) is 0. The van der Waals surface area contributed by atoms with Crippen molar-refractivity contribution in [3.05, 3.63) is 40.3 Å². The number of aryl methyl sites for hydroxylation is 1. The first kappa shape index (κ1) is 17.7. The number of rotatable bonds is 7. The van der Waals surface area contributed by atoms with Gasteiger partial charge in [-0.05, 0) is 31.4 Å². The third kappa shape index (κ3) is 5.18. The Morgan fingerprint density at radius 1 is 1.26 bits per heavy atom. The van der Waals surface area contributed by atoms with Crippen LogP contribution in [-0.4, -0.2) is 32.7 Å². The quantitative estimate of drug-likeness (QED) is 0.460. The molecule has 1 aromatic carbocycles. The zero-order valence-corrected chi connectivity index (χ0v) is 14.6. The zero-order valence-electron chi connectivity index (χ0n) is 12.9. The first-order chi connectivity index (χ1) is 11.0. The number of unbranched alkanes of at least 4 members (excludes halogenated alkanes) is 2. The van der Waals surface area contributed by atoms with Crippen LogP contribution < -0.4 is 0 Å². The Bertz CT molecular complexity index is 638. The molecule has 0 saturated carbocycles. The Balaban J connectivity index is 1.91. The molecular formula is C17H19NO3S2. The number of hydrogen-bond donors (Lipinski definition) is 1. The molecule has 1 N–H and O–H groups in total. The number of amides is 1. The monoisotopic (exact) mass is 349 g/mol. The summed E-state index contributed by atoms with van der Waals surface area (Å²) in [6.07, 6.45) is 4.20. The molecule has 0 bridgehead atoms. The van der Waals surface area contributed by atoms with Gasteiger partial charge in [-0.3, -0.25) is 14.5 Å². The average molecular weight is 349 g/mol. The smallest absolute Gasteiger partial charge is 0.303 e. The number of carbonyl (C=O) groups is 2. The van der Waals surface area contributed by atoms with Crippen molar-refractivity contribution in [2.24, 2.45) is 0 Å². The van der Waals surface area contributed by atoms with Gasteiger partial charge in [-0.2, -0.15) is 0 Å². The maximum atomic E-state index is 12.4. The fraction of sp³-hybridized carbons (Fsp3) is 0.353. The van der Waals surface area contributed by atoms with Gasteiger partial charge in [0.05, 0.1) is 4.91 Å². The van der Waals surface area contributed by atoms with Crippen LogP contribution in [0.1, 0.15) is 36.8 Å². The highest BCUT2D eigenvalue weighted by molar-refractivity contribution is 8.26. The van der Waals surface area contributed by atoms with Gasteiger partial charge in [0.1, 0.15) is 4.32 Å². The van der Waals surface area contributed by atoms with E-state index in [-0.39, 0.29) is 12.3 Å². The van der Waals surface area contributed by atoms with Gasteiger partial charge in [0, 0.05) is 13.0 Å². The minimum atomic E-state index is -0.781. The van der Waals surface area contributed by atoms with Gasteiger partial charge < -0.3 is 5.11 Å². The third-order valence-corrected chi connectivity index (χ3v) is 4.90. The van der Waals surface area contributed by atoms with Gasteiger partial charge in [-0.15, -0.1) is 0 Å². The summed E-state index contributed by atoms with van der Waals surface area (Å²) in [4.78, 5) is 25.1. The normalized spacial score (nSPS) is 16.4. The molecule has 2 rings (SSSR count). The summed E-state index contributed by atoms with van der Waals surface area (Å²) in [5.74, 6) is -0.838. The predicted octanol–water partition coefficient (Wildman–Crippen LogP) is 3.84. The van der Waals surface area contributed by atoms with E-state index in [1.165, 1.54) is 17.3 Å². The molecule has 23 heavy (non-hydrogen) atoms. The largest absolute Gasteiger partial charge is 0.481 e. The average Bonchev–Trinajstić information content (AvgIpc) is 2.76. The highest BCUT2D eigenvalue weighted by atomic mass is 32.2. The maximum Gasteiger partial charge on any atom is 0.303 e. The van der Waals surface area contributed by atoms with Gasteiger partial charge in [-0.1, -0.05) is 60.2 Å². The lowest BCUT2D eigenvalue weighted by atomic mass is 10.1. The van der Waals surface area contributed by atoms with Crippen molar-refractivity contribution in [2.45, 2.75) is 32.6 Å². The Labute approximate surface area is 145 Å². The minimum absolute atomic E-state index is 0.0567. The van der Waals surface area contributed by atoms with Crippen LogP contribution in [0, 0.1) is 6.92 Å². The van der Waals surface area contributed by atoms with Gasteiger partial charge in [0.25, 0.3) is 5.91 Å². The molecule has 1 fully saturated rings. The van der Waals surface area contributed by atoms with E-state index >= 15 is 0 Å². The maximum absolute atomic E-state index is 12.4. The lowest BCUT2D eigenvalue weighted by Crippen LogP contribution is -2.29. The van der Waals surface area contributed by atoms with E-state index in [9.17, 15) is 9.59 Å². The SMILES string of the molecule is Cc1ccc(/C=C2/SC(=S)N(CCCCCC(=O)O)C2=O)cc1. The summed E-state index contributed by atoms with van der Waals surface area (Å²) in [5, 5.41) is 8.60. The zero-order chi connectivity index (χ0) is 16.8. The van der Waals surface area contributed by atoms with Crippen molar-refractivity contribution in [3.8, 4) is 0 Å². The molecule has 0 aromatic heterocycles. The Hall–Kier alpha value is -1.66. The second kappa shape index (κ2) is 8.26. The number of carboxylic acids is 1. The van der Waals surface area contributed by atoms with E-state index in [4.69, 9.17) is 17.3 Å². The van der Waals surface area contributed by atoms with E-state index in [0.717, 1.165) is 18.4 Å². The van der Waals surface area contributed by atoms with Gasteiger partial charge >= 0.3 is 5.97 Å². The molecule has 1 aliphatic rings. The fourth-order valence-corrected chi connectivity index (χ4v) is 3.54. The van der Waals surface area contributed by atoms with Crippen LogP contribution in [0.25, 0.3) is 6.08 Å². The molecule has 1 saturated heterocycles. The molecule has 0 radical (unpaired) electrons. The molecule has 0 aliphatic carbocycles. The second-order valence-corrected chi connectivity index (χ2v) is 7.12. The number of thiocarbonyl (C=S) groups is 1. The molecule has 6 heteroatoms. The Kier molecular flexibility index (Phi) is 6.36. The van der Waals surface area contributed by atoms with Gasteiger partial charge in [-0.25, -0.2) is 0 Å². The Morgan fingerprint density at radius 2 is 1.96 bits per heavy atom. The number of benzene rings is 1. The van der Waals surface area contributed by atoms with Crippen LogP contribution in [0.5, 0.6) is 0 Å². The third-order valence-electron chi connectivity index (χ3n) is 3.52. The number of hydrogen-bond acceptors (Lipinski definition) is 4. The van der Waals surface area contributed by atoms with E-state index < -0.39 is 5.97 Å². The fourth-order valence-electron chi connectivity index (χ4n) is 2.23. The van der Waals surface area contributed by atoms with Crippen molar-refractivity contribution >= 4 is 46.3 Å². The molecule has 1 aromatic rings. The molecule has 0 atom stereocenters. The lowest BCUT2D eigenvalue weighted by molar-refractivity contribution is -0.137. The first-order valence-electron chi connectivity index (χ1n) is 7.51. The van der Waals surface area contributed by atoms with Crippen molar-refractivity contribution in [3.63, 3.8) is 0 Å². The summed E-state index contributed by atoms with van der Waals surface area (Å²) >= 11 is 6.61. The highest BCUT2D eigenvalue weighted by Crippen LogP contribution is 2.32. The topological polar surface area (TPSA) is 57.6 Å².